The van der Waals surface area contributed by atoms with Gasteiger partial charge in [-0.1, -0.05) is 61.4 Å². The summed E-state index contributed by atoms with van der Waals surface area (Å²) in [5.41, 5.74) is 3.87. The lowest BCUT2D eigenvalue weighted by Crippen LogP contribution is -2.41. The molecule has 0 radical (unpaired) electrons. The van der Waals surface area contributed by atoms with Crippen LogP contribution in [-0.2, 0) is 14.3 Å². The fourth-order valence-corrected chi connectivity index (χ4v) is 4.42. The van der Waals surface area contributed by atoms with Gasteiger partial charge in [-0.15, -0.1) is 0 Å². The van der Waals surface area contributed by atoms with Crippen LogP contribution in [-0.4, -0.2) is 47.6 Å². The summed E-state index contributed by atoms with van der Waals surface area (Å²) >= 11 is 0. The summed E-state index contributed by atoms with van der Waals surface area (Å²) in [6.45, 7) is 7.39. The molecular weight excluding hydrogens is 460 g/mol. The highest BCUT2D eigenvalue weighted by Crippen LogP contribution is 2.44. The molecule has 2 aromatic rings. The Hall–Kier alpha value is -3.55. The lowest BCUT2D eigenvalue weighted by Gasteiger charge is -2.22. The Balaban J connectivity index is 1.44. The molecule has 8 nitrogen and oxygen atoms in total. The number of carboxylic acid groups (broad SMARTS) is 1. The van der Waals surface area contributed by atoms with Crippen LogP contribution in [0, 0.1) is 0 Å². The maximum Gasteiger partial charge on any atom is 0.407 e. The van der Waals surface area contributed by atoms with Crippen molar-refractivity contribution in [3.05, 3.63) is 59.7 Å². The number of carbonyl (C=O) groups is 3. The Morgan fingerprint density at radius 1 is 0.889 bits per heavy atom. The molecule has 8 heteroatoms. The van der Waals surface area contributed by atoms with Gasteiger partial charge in [0.2, 0.25) is 0 Å². The van der Waals surface area contributed by atoms with Gasteiger partial charge in [-0.2, -0.15) is 0 Å². The first kappa shape index (κ1) is 27.0. The fraction of sp³-hybridized carbons (Fsp3) is 0.464. The molecule has 0 bridgehead atoms. The summed E-state index contributed by atoms with van der Waals surface area (Å²) in [5, 5.41) is 14.8. The first-order valence-corrected chi connectivity index (χ1v) is 12.4. The Kier molecular flexibility index (Phi) is 8.96. The Bertz CT molecular complexity index is 1030. The quantitative estimate of drug-likeness (QED) is 0.377. The summed E-state index contributed by atoms with van der Waals surface area (Å²) in [6, 6.07) is 14.9. The summed E-state index contributed by atoms with van der Waals surface area (Å²) < 4.78 is 10.7. The zero-order valence-electron chi connectivity index (χ0n) is 21.4. The van der Waals surface area contributed by atoms with E-state index < -0.39 is 29.8 Å². The number of aliphatic carboxylic acids is 1. The Morgan fingerprint density at radius 3 is 2.00 bits per heavy atom. The van der Waals surface area contributed by atoms with Crippen LogP contribution in [0.15, 0.2) is 48.5 Å². The van der Waals surface area contributed by atoms with Gasteiger partial charge in [0.05, 0.1) is 0 Å². The standard InChI is InChI=1S/C28H36N2O6/c1-18(29-27(34)36-28(2,3)4)11-5-10-16-24(25(31)32)30-26(33)35-17-23-21-14-8-6-12-19(21)20-13-7-9-15-22(20)23/h6-9,12-15,18,23-24H,5,10-11,16-17H2,1-4H3,(H,29,34)(H,30,33)(H,31,32)/t18?,24-/m0/s1. The van der Waals surface area contributed by atoms with Crippen molar-refractivity contribution in [2.75, 3.05) is 6.61 Å². The molecule has 36 heavy (non-hydrogen) atoms. The van der Waals surface area contributed by atoms with Gasteiger partial charge in [-0.05, 0) is 62.8 Å². The number of alkyl carbamates (subject to hydrolysis) is 2. The average Bonchev–Trinajstić information content (AvgIpc) is 3.12. The van der Waals surface area contributed by atoms with Crippen LogP contribution in [0.5, 0.6) is 0 Å². The van der Waals surface area contributed by atoms with E-state index in [1.165, 1.54) is 0 Å². The number of amides is 2. The van der Waals surface area contributed by atoms with E-state index >= 15 is 0 Å². The van der Waals surface area contributed by atoms with Crippen LogP contribution in [0.1, 0.15) is 70.4 Å². The van der Waals surface area contributed by atoms with Gasteiger partial charge in [0, 0.05) is 12.0 Å². The molecule has 0 saturated heterocycles. The molecule has 1 aliphatic rings. The number of unbranched alkanes of at least 4 members (excludes halogenated alkanes) is 1. The SMILES string of the molecule is CC(CCCC[C@H](NC(=O)OCC1c2ccccc2-c2ccccc21)C(=O)O)NC(=O)OC(C)(C)C. The van der Waals surface area contributed by atoms with E-state index in [-0.39, 0.29) is 25.0 Å². The first-order chi connectivity index (χ1) is 17.0. The van der Waals surface area contributed by atoms with Crippen LogP contribution in [0.2, 0.25) is 0 Å². The molecule has 3 N–H and O–H groups in total. The molecule has 0 aliphatic heterocycles. The summed E-state index contributed by atoms with van der Waals surface area (Å²) in [5.74, 6) is -1.20. The number of benzene rings is 2. The number of rotatable bonds is 10. The molecule has 0 aromatic heterocycles. The van der Waals surface area contributed by atoms with Crippen molar-refractivity contribution in [1.82, 2.24) is 10.6 Å². The zero-order chi connectivity index (χ0) is 26.3. The molecule has 194 valence electrons. The molecule has 1 unspecified atom stereocenters. The summed E-state index contributed by atoms with van der Waals surface area (Å²) in [7, 11) is 0. The minimum atomic E-state index is -1.11. The molecule has 2 atom stereocenters. The predicted octanol–water partition coefficient (Wildman–Crippen LogP) is 5.45. The maximum atomic E-state index is 12.5. The molecule has 3 rings (SSSR count). The van der Waals surface area contributed by atoms with Crippen molar-refractivity contribution in [3.8, 4) is 11.1 Å². The van der Waals surface area contributed by atoms with Gasteiger partial charge in [0.25, 0.3) is 0 Å². The molecule has 0 heterocycles. The normalized spacial score (nSPS) is 14.2. The van der Waals surface area contributed by atoms with E-state index in [1.807, 2.05) is 43.3 Å². The number of hydrogen-bond acceptors (Lipinski definition) is 5. The third kappa shape index (κ3) is 7.47. The largest absolute Gasteiger partial charge is 0.480 e. The van der Waals surface area contributed by atoms with Crippen molar-refractivity contribution in [2.45, 2.75) is 77.0 Å². The molecule has 0 fully saturated rings. The monoisotopic (exact) mass is 496 g/mol. The smallest absolute Gasteiger partial charge is 0.407 e. The lowest BCUT2D eigenvalue weighted by molar-refractivity contribution is -0.139. The Labute approximate surface area is 212 Å². The number of ether oxygens (including phenoxy) is 2. The molecule has 0 spiro atoms. The predicted molar refractivity (Wildman–Crippen MR) is 137 cm³/mol. The van der Waals surface area contributed by atoms with E-state index in [2.05, 4.69) is 22.8 Å². The van der Waals surface area contributed by atoms with Gasteiger partial charge in [0.1, 0.15) is 18.2 Å². The van der Waals surface area contributed by atoms with E-state index in [0.29, 0.717) is 19.3 Å². The minimum absolute atomic E-state index is 0.0922. The van der Waals surface area contributed by atoms with Gasteiger partial charge in [-0.3, -0.25) is 0 Å². The van der Waals surface area contributed by atoms with Crippen molar-refractivity contribution >= 4 is 18.2 Å². The van der Waals surface area contributed by atoms with Gasteiger partial charge in [0.15, 0.2) is 0 Å². The van der Waals surface area contributed by atoms with Gasteiger partial charge in [-0.25, -0.2) is 14.4 Å². The third-order valence-electron chi connectivity index (χ3n) is 6.08. The highest BCUT2D eigenvalue weighted by atomic mass is 16.6. The second-order valence-corrected chi connectivity index (χ2v) is 10.2. The third-order valence-corrected chi connectivity index (χ3v) is 6.08. The number of carbonyl (C=O) groups excluding carboxylic acids is 2. The summed E-state index contributed by atoms with van der Waals surface area (Å²) in [6.07, 6.45) is 0.961. The average molecular weight is 497 g/mol. The highest BCUT2D eigenvalue weighted by Gasteiger charge is 2.29. The van der Waals surface area contributed by atoms with Crippen LogP contribution < -0.4 is 10.6 Å². The Morgan fingerprint density at radius 2 is 1.44 bits per heavy atom. The van der Waals surface area contributed by atoms with Crippen LogP contribution in [0.4, 0.5) is 9.59 Å². The van der Waals surface area contributed by atoms with Crippen LogP contribution in [0.3, 0.4) is 0 Å². The fourth-order valence-electron chi connectivity index (χ4n) is 4.42. The van der Waals surface area contributed by atoms with Crippen molar-refractivity contribution in [1.29, 1.82) is 0 Å². The van der Waals surface area contributed by atoms with Crippen molar-refractivity contribution in [3.63, 3.8) is 0 Å². The number of fused-ring (bicyclic) bond motifs is 3. The van der Waals surface area contributed by atoms with E-state index in [1.54, 1.807) is 20.8 Å². The second-order valence-electron chi connectivity index (χ2n) is 10.2. The second kappa shape index (κ2) is 11.9. The topological polar surface area (TPSA) is 114 Å². The highest BCUT2D eigenvalue weighted by molar-refractivity contribution is 5.81. The lowest BCUT2D eigenvalue weighted by atomic mass is 9.98. The molecular formula is C28H36N2O6. The van der Waals surface area contributed by atoms with Crippen molar-refractivity contribution < 1.29 is 29.0 Å². The summed E-state index contributed by atoms with van der Waals surface area (Å²) in [4.78, 5) is 36.0. The minimum Gasteiger partial charge on any atom is -0.480 e. The van der Waals surface area contributed by atoms with Crippen LogP contribution >= 0.6 is 0 Å². The maximum absolute atomic E-state index is 12.5. The van der Waals surface area contributed by atoms with E-state index in [4.69, 9.17) is 9.47 Å². The number of carboxylic acids is 1. The molecule has 1 aliphatic carbocycles. The molecule has 2 aromatic carbocycles. The first-order valence-electron chi connectivity index (χ1n) is 12.4. The number of hydrogen-bond donors (Lipinski definition) is 3. The molecule has 2 amide bonds. The van der Waals surface area contributed by atoms with Gasteiger partial charge < -0.3 is 25.2 Å². The van der Waals surface area contributed by atoms with E-state index in [0.717, 1.165) is 22.3 Å². The van der Waals surface area contributed by atoms with Gasteiger partial charge >= 0.3 is 18.2 Å². The molecule has 0 saturated carbocycles. The van der Waals surface area contributed by atoms with Crippen LogP contribution in [0.25, 0.3) is 11.1 Å². The van der Waals surface area contributed by atoms with E-state index in [9.17, 15) is 19.5 Å². The zero-order valence-corrected chi connectivity index (χ0v) is 21.4. The number of nitrogens with one attached hydrogen (secondary N) is 2. The van der Waals surface area contributed by atoms with Crippen molar-refractivity contribution in [2.24, 2.45) is 0 Å².